The summed E-state index contributed by atoms with van der Waals surface area (Å²) in [7, 11) is 0. The molecule has 0 atom stereocenters. The van der Waals surface area contributed by atoms with Crippen LogP contribution in [0.5, 0.6) is 0 Å². The highest BCUT2D eigenvalue weighted by Gasteiger charge is 2.26. The van der Waals surface area contributed by atoms with Crippen LogP contribution < -0.4 is 10.2 Å². The third-order valence-corrected chi connectivity index (χ3v) is 5.19. The number of alkyl halides is 1. The van der Waals surface area contributed by atoms with Crippen molar-refractivity contribution in [2.24, 2.45) is 0 Å². The number of hydrogen-bond acceptors (Lipinski definition) is 3. The normalized spacial score (nSPS) is 12.7. The summed E-state index contributed by atoms with van der Waals surface area (Å²) in [5, 5.41) is 2.55. The molecule has 0 unspecified atom stereocenters. The highest BCUT2D eigenvalue weighted by Crippen LogP contribution is 2.35. The third kappa shape index (κ3) is 4.23. The van der Waals surface area contributed by atoms with Crippen molar-refractivity contribution in [2.45, 2.75) is 12.8 Å². The van der Waals surface area contributed by atoms with Gasteiger partial charge in [0.15, 0.2) is 17.5 Å². The maximum atomic E-state index is 13.5. The number of pyridine rings is 1. The molecule has 8 heteroatoms. The van der Waals surface area contributed by atoms with Crippen molar-refractivity contribution < 1.29 is 22.4 Å². The Bertz CT molecular complexity index is 1110. The maximum Gasteiger partial charge on any atom is 0.251 e. The molecule has 1 aromatic heterocycles. The van der Waals surface area contributed by atoms with Crippen molar-refractivity contribution >= 4 is 17.4 Å². The number of aromatic nitrogens is 1. The molecule has 4 rings (SSSR count). The molecule has 0 radical (unpaired) electrons. The second-order valence-electron chi connectivity index (χ2n) is 7.22. The van der Waals surface area contributed by atoms with Crippen molar-refractivity contribution in [1.29, 1.82) is 0 Å². The van der Waals surface area contributed by atoms with E-state index in [0.29, 0.717) is 29.9 Å². The fraction of sp³-hybridized carbons (Fsp3) is 0.217. The van der Waals surface area contributed by atoms with Crippen LogP contribution >= 0.6 is 0 Å². The Morgan fingerprint density at radius 2 is 1.84 bits per heavy atom. The molecular weight excluding hydrogens is 410 g/mol. The summed E-state index contributed by atoms with van der Waals surface area (Å²) in [6.45, 7) is -0.0785. The van der Waals surface area contributed by atoms with Gasteiger partial charge in [0.05, 0.1) is 0 Å². The van der Waals surface area contributed by atoms with E-state index in [1.807, 2.05) is 11.0 Å². The van der Waals surface area contributed by atoms with Crippen LogP contribution in [0.2, 0.25) is 0 Å². The molecule has 2 aromatic carbocycles. The molecule has 1 amide bonds. The lowest BCUT2D eigenvalue weighted by Gasteiger charge is -2.19. The van der Waals surface area contributed by atoms with Gasteiger partial charge >= 0.3 is 0 Å². The zero-order valence-corrected chi connectivity index (χ0v) is 16.5. The smallest absolute Gasteiger partial charge is 0.251 e. The molecule has 3 aromatic rings. The van der Waals surface area contributed by atoms with E-state index in [4.69, 9.17) is 0 Å². The van der Waals surface area contributed by atoms with Gasteiger partial charge in [0.25, 0.3) is 5.91 Å². The minimum absolute atomic E-state index is 0.0413. The number of amides is 1. The van der Waals surface area contributed by atoms with Gasteiger partial charge in [-0.15, -0.1) is 0 Å². The number of carbonyl (C=O) groups is 1. The number of halogens is 4. The second kappa shape index (κ2) is 8.75. The lowest BCUT2D eigenvalue weighted by molar-refractivity contribution is 0.0950. The standard InChI is InChI=1S/C23H19F4N3O/c24-6-8-29-23(31)17-2-1-3-20-16(17)5-9-30(20)21-13-14(4-7-28-21)10-15-11-18(25)22(27)19(26)12-15/h1-4,7,11-13H,5-6,8-10H2,(H,29,31). The molecule has 0 spiro atoms. The Morgan fingerprint density at radius 1 is 1.06 bits per heavy atom. The molecule has 160 valence electrons. The molecule has 1 N–H and O–H groups in total. The number of nitrogens with zero attached hydrogens (tertiary/aromatic N) is 2. The highest BCUT2D eigenvalue weighted by atomic mass is 19.2. The summed E-state index contributed by atoms with van der Waals surface area (Å²) in [6, 6.07) is 10.8. The number of carbonyl (C=O) groups excluding carboxylic acids is 1. The zero-order valence-electron chi connectivity index (χ0n) is 16.5. The summed E-state index contributed by atoms with van der Waals surface area (Å²) in [5.74, 6) is -3.63. The monoisotopic (exact) mass is 429 g/mol. The average Bonchev–Trinajstić information content (AvgIpc) is 3.20. The Balaban J connectivity index is 1.60. The maximum absolute atomic E-state index is 13.5. The average molecular weight is 429 g/mol. The lowest BCUT2D eigenvalue weighted by Crippen LogP contribution is -2.26. The van der Waals surface area contributed by atoms with Gasteiger partial charge in [0.2, 0.25) is 0 Å². The van der Waals surface area contributed by atoms with Gasteiger partial charge in [-0.3, -0.25) is 4.79 Å². The molecule has 0 saturated carbocycles. The van der Waals surface area contributed by atoms with E-state index in [9.17, 15) is 22.4 Å². The quantitative estimate of drug-likeness (QED) is 0.464. The van der Waals surface area contributed by atoms with E-state index in [-0.39, 0.29) is 18.9 Å². The van der Waals surface area contributed by atoms with E-state index in [2.05, 4.69) is 10.3 Å². The Morgan fingerprint density at radius 3 is 2.58 bits per heavy atom. The first kappa shape index (κ1) is 20.8. The number of nitrogens with one attached hydrogen (secondary N) is 1. The van der Waals surface area contributed by atoms with E-state index < -0.39 is 24.1 Å². The Labute approximate surface area is 176 Å². The first-order chi connectivity index (χ1) is 15.0. The van der Waals surface area contributed by atoms with E-state index in [1.54, 1.807) is 30.5 Å². The first-order valence-electron chi connectivity index (χ1n) is 9.80. The minimum atomic E-state index is -1.49. The summed E-state index contributed by atoms with van der Waals surface area (Å²) in [4.78, 5) is 18.7. The molecule has 0 fully saturated rings. The Kier molecular flexibility index (Phi) is 5.88. The van der Waals surface area contributed by atoms with Crippen LogP contribution in [0.4, 0.5) is 29.1 Å². The molecule has 0 aliphatic carbocycles. The number of anilines is 2. The number of rotatable bonds is 6. The number of benzene rings is 2. The summed E-state index contributed by atoms with van der Waals surface area (Å²) in [5.41, 5.74) is 3.25. The predicted molar refractivity (Wildman–Crippen MR) is 109 cm³/mol. The SMILES string of the molecule is O=C(NCCF)c1cccc2c1CCN2c1cc(Cc2cc(F)c(F)c(F)c2)ccn1. The molecule has 0 bridgehead atoms. The van der Waals surface area contributed by atoms with Crippen LogP contribution in [-0.4, -0.2) is 30.7 Å². The van der Waals surface area contributed by atoms with Gasteiger partial charge in [0, 0.05) is 30.5 Å². The Hall–Kier alpha value is -3.42. The summed E-state index contributed by atoms with van der Waals surface area (Å²) in [6.07, 6.45) is 2.42. The van der Waals surface area contributed by atoms with Crippen LogP contribution in [-0.2, 0) is 12.8 Å². The molecule has 1 aliphatic rings. The van der Waals surface area contributed by atoms with Crippen LogP contribution in [0.3, 0.4) is 0 Å². The van der Waals surface area contributed by atoms with E-state index >= 15 is 0 Å². The summed E-state index contributed by atoms with van der Waals surface area (Å²) >= 11 is 0. The summed E-state index contributed by atoms with van der Waals surface area (Å²) < 4.78 is 52.6. The van der Waals surface area contributed by atoms with Gasteiger partial charge in [-0.05, 0) is 65.9 Å². The van der Waals surface area contributed by atoms with Gasteiger partial charge in [-0.2, -0.15) is 0 Å². The number of fused-ring (bicyclic) bond motifs is 1. The van der Waals surface area contributed by atoms with Crippen LogP contribution in [0, 0.1) is 17.5 Å². The topological polar surface area (TPSA) is 45.2 Å². The molecule has 4 nitrogen and oxygen atoms in total. The minimum Gasteiger partial charge on any atom is -0.349 e. The predicted octanol–water partition coefficient (Wildman–Crippen LogP) is 4.48. The van der Waals surface area contributed by atoms with Gasteiger partial charge in [-0.1, -0.05) is 6.07 Å². The van der Waals surface area contributed by atoms with E-state index in [1.165, 1.54) is 0 Å². The highest BCUT2D eigenvalue weighted by molar-refractivity contribution is 5.98. The lowest BCUT2D eigenvalue weighted by atomic mass is 10.0. The van der Waals surface area contributed by atoms with Gasteiger partial charge < -0.3 is 10.2 Å². The van der Waals surface area contributed by atoms with E-state index in [0.717, 1.165) is 28.9 Å². The number of hydrogen-bond donors (Lipinski definition) is 1. The second-order valence-corrected chi connectivity index (χ2v) is 7.22. The molecular formula is C23H19F4N3O. The fourth-order valence-corrected chi connectivity index (χ4v) is 3.80. The molecule has 0 saturated heterocycles. The largest absolute Gasteiger partial charge is 0.349 e. The van der Waals surface area contributed by atoms with Crippen molar-refractivity contribution in [3.63, 3.8) is 0 Å². The molecule has 31 heavy (non-hydrogen) atoms. The van der Waals surface area contributed by atoms with Crippen LogP contribution in [0.1, 0.15) is 27.0 Å². The first-order valence-corrected chi connectivity index (χ1v) is 9.80. The third-order valence-electron chi connectivity index (χ3n) is 5.19. The van der Waals surface area contributed by atoms with Crippen molar-refractivity contribution in [3.05, 3.63) is 88.4 Å². The van der Waals surface area contributed by atoms with Gasteiger partial charge in [0.1, 0.15) is 12.5 Å². The molecule has 2 heterocycles. The zero-order chi connectivity index (χ0) is 22.0. The molecule has 1 aliphatic heterocycles. The van der Waals surface area contributed by atoms with Crippen molar-refractivity contribution in [3.8, 4) is 0 Å². The van der Waals surface area contributed by atoms with Crippen LogP contribution in [0.25, 0.3) is 0 Å². The fourth-order valence-electron chi connectivity index (χ4n) is 3.80. The van der Waals surface area contributed by atoms with Crippen molar-refractivity contribution in [1.82, 2.24) is 10.3 Å². The van der Waals surface area contributed by atoms with Gasteiger partial charge in [-0.25, -0.2) is 22.5 Å². The van der Waals surface area contributed by atoms with Crippen LogP contribution in [0.15, 0.2) is 48.7 Å². The van der Waals surface area contributed by atoms with Crippen molar-refractivity contribution in [2.75, 3.05) is 24.7 Å².